The van der Waals surface area contributed by atoms with Crippen LogP contribution in [0.15, 0.2) is 0 Å². The fourth-order valence-corrected chi connectivity index (χ4v) is 3.32. The topological polar surface area (TPSA) is 52.6 Å². The van der Waals surface area contributed by atoms with Gasteiger partial charge in [-0.3, -0.25) is 9.59 Å². The second kappa shape index (κ2) is 2.03. The van der Waals surface area contributed by atoms with E-state index in [1.54, 1.807) is 6.92 Å². The van der Waals surface area contributed by atoms with Gasteiger partial charge in [-0.2, -0.15) is 0 Å². The van der Waals surface area contributed by atoms with Crippen molar-refractivity contribution in [1.82, 2.24) is 0 Å². The van der Waals surface area contributed by atoms with Crippen molar-refractivity contribution >= 4 is 11.9 Å². The summed E-state index contributed by atoms with van der Waals surface area (Å²) in [7, 11) is 0. The molecule has 4 heteroatoms. The van der Waals surface area contributed by atoms with Gasteiger partial charge in [0.1, 0.15) is 11.3 Å². The zero-order chi connectivity index (χ0) is 10.1. The highest BCUT2D eigenvalue weighted by molar-refractivity contribution is 6.00. The van der Waals surface area contributed by atoms with Gasteiger partial charge in [-0.15, -0.1) is 0 Å². The van der Waals surface area contributed by atoms with Crippen molar-refractivity contribution in [2.45, 2.75) is 38.4 Å². The summed E-state index contributed by atoms with van der Waals surface area (Å²) in [5, 5.41) is 0. The molecular weight excluding hydrogens is 184 g/mol. The Morgan fingerprint density at radius 3 is 2.71 bits per heavy atom. The molecular formula is C10H12O4. The van der Waals surface area contributed by atoms with E-state index in [1.807, 2.05) is 6.92 Å². The van der Waals surface area contributed by atoms with E-state index >= 15 is 0 Å². The van der Waals surface area contributed by atoms with Crippen LogP contribution in [-0.2, 0) is 19.1 Å². The molecule has 0 N–H and O–H groups in total. The van der Waals surface area contributed by atoms with E-state index in [4.69, 9.17) is 9.47 Å². The summed E-state index contributed by atoms with van der Waals surface area (Å²) in [5.41, 5.74) is -1.19. The van der Waals surface area contributed by atoms with Gasteiger partial charge >= 0.3 is 11.9 Å². The normalized spacial score (nSPS) is 55.0. The van der Waals surface area contributed by atoms with Gasteiger partial charge in [-0.1, -0.05) is 0 Å². The first kappa shape index (κ1) is 8.41. The molecule has 0 aromatic carbocycles. The van der Waals surface area contributed by atoms with Crippen molar-refractivity contribution in [2.75, 3.05) is 0 Å². The largest absolute Gasteiger partial charge is 0.392 e. The highest BCUT2D eigenvalue weighted by Crippen LogP contribution is 2.61. The highest BCUT2D eigenvalue weighted by Gasteiger charge is 2.73. The molecule has 3 heterocycles. The number of esters is 2. The summed E-state index contributed by atoms with van der Waals surface area (Å²) in [6.07, 6.45) is 1.57. The van der Waals surface area contributed by atoms with Crippen LogP contribution in [0.2, 0.25) is 0 Å². The third kappa shape index (κ3) is 0.639. The van der Waals surface area contributed by atoms with Crippen molar-refractivity contribution in [1.29, 1.82) is 0 Å². The maximum atomic E-state index is 11.6. The Kier molecular flexibility index (Phi) is 1.22. The molecule has 0 saturated carbocycles. The zero-order valence-corrected chi connectivity index (χ0v) is 8.20. The molecule has 4 atom stereocenters. The minimum absolute atomic E-state index is 0.128. The number of fused-ring (bicyclic) bond motifs is 5. The number of hydrogen-bond donors (Lipinski definition) is 0. The average molecular weight is 196 g/mol. The van der Waals surface area contributed by atoms with Crippen molar-refractivity contribution in [3.05, 3.63) is 0 Å². The average Bonchev–Trinajstić information content (AvgIpc) is 2.62. The molecule has 0 aromatic rings. The number of carbonyl (C=O) groups is 2. The first-order valence-corrected chi connectivity index (χ1v) is 4.92. The molecule has 0 spiro atoms. The maximum Gasteiger partial charge on any atom is 0.323 e. The predicted molar refractivity (Wildman–Crippen MR) is 45.2 cm³/mol. The van der Waals surface area contributed by atoms with Crippen LogP contribution in [0, 0.1) is 11.3 Å². The zero-order valence-electron chi connectivity index (χ0n) is 8.20. The van der Waals surface area contributed by atoms with Crippen LogP contribution in [0.25, 0.3) is 0 Å². The lowest BCUT2D eigenvalue weighted by Crippen LogP contribution is -2.44. The van der Waals surface area contributed by atoms with E-state index in [2.05, 4.69) is 0 Å². The number of carbonyl (C=O) groups excluding carboxylic acids is 2. The predicted octanol–water partition coefficient (Wildman–Crippen LogP) is 0.644. The minimum Gasteiger partial charge on any atom is -0.392 e. The van der Waals surface area contributed by atoms with Crippen LogP contribution >= 0.6 is 0 Å². The molecule has 0 unspecified atom stereocenters. The van der Waals surface area contributed by atoms with Gasteiger partial charge in [-0.05, 0) is 26.7 Å². The summed E-state index contributed by atoms with van der Waals surface area (Å²) in [6, 6.07) is 0. The van der Waals surface area contributed by atoms with Crippen molar-refractivity contribution < 1.29 is 19.1 Å². The molecule has 2 bridgehead atoms. The number of ether oxygens (including phenoxy) is 2. The van der Waals surface area contributed by atoms with E-state index in [9.17, 15) is 9.59 Å². The molecule has 0 aliphatic carbocycles. The maximum absolute atomic E-state index is 11.6. The molecule has 3 rings (SSSR count). The van der Waals surface area contributed by atoms with Gasteiger partial charge in [0.15, 0.2) is 0 Å². The van der Waals surface area contributed by atoms with Gasteiger partial charge in [0, 0.05) is 0 Å². The Bertz CT molecular complexity index is 350. The Morgan fingerprint density at radius 1 is 1.36 bits per heavy atom. The lowest BCUT2D eigenvalue weighted by Gasteiger charge is -2.30. The lowest BCUT2D eigenvalue weighted by atomic mass is 9.64. The molecule has 3 saturated heterocycles. The van der Waals surface area contributed by atoms with Crippen LogP contribution < -0.4 is 0 Å². The SMILES string of the molecule is C[C@@]12C(=O)OC(=O)[C@@H]1[C@@]1(C)CC[C@@H]2O1. The van der Waals surface area contributed by atoms with Crippen molar-refractivity contribution in [3.8, 4) is 0 Å². The van der Waals surface area contributed by atoms with Gasteiger partial charge in [-0.25, -0.2) is 0 Å². The molecule has 0 radical (unpaired) electrons. The standard InChI is InChI=1S/C10H12O4/c1-9-4-3-5(14-9)10(2)6(9)7(11)13-8(10)12/h5-6H,3-4H2,1-2H3/t5-,6+,9+,10-/m0/s1. The van der Waals surface area contributed by atoms with E-state index in [0.29, 0.717) is 0 Å². The number of cyclic esters (lactones) is 2. The van der Waals surface area contributed by atoms with Gasteiger partial charge in [0.2, 0.25) is 0 Å². The van der Waals surface area contributed by atoms with Crippen molar-refractivity contribution in [3.63, 3.8) is 0 Å². The second-order valence-corrected chi connectivity index (χ2v) is 4.88. The Hall–Kier alpha value is -0.900. The molecule has 14 heavy (non-hydrogen) atoms. The number of rotatable bonds is 0. The van der Waals surface area contributed by atoms with E-state index in [1.165, 1.54) is 0 Å². The molecule has 0 amide bonds. The monoisotopic (exact) mass is 196 g/mol. The molecule has 3 aliphatic rings. The Balaban J connectivity index is 2.16. The lowest BCUT2D eigenvalue weighted by molar-refractivity contribution is -0.160. The third-order valence-electron chi connectivity index (χ3n) is 4.06. The van der Waals surface area contributed by atoms with Crippen LogP contribution in [0.3, 0.4) is 0 Å². The van der Waals surface area contributed by atoms with Crippen LogP contribution in [0.1, 0.15) is 26.7 Å². The first-order chi connectivity index (χ1) is 6.48. The fraction of sp³-hybridized carbons (Fsp3) is 0.800. The quantitative estimate of drug-likeness (QED) is 0.421. The van der Waals surface area contributed by atoms with E-state index in [0.717, 1.165) is 12.8 Å². The van der Waals surface area contributed by atoms with Gasteiger partial charge < -0.3 is 9.47 Å². The Morgan fingerprint density at radius 2 is 2.07 bits per heavy atom. The van der Waals surface area contributed by atoms with Gasteiger partial charge in [0.05, 0.1) is 11.7 Å². The second-order valence-electron chi connectivity index (χ2n) is 4.88. The molecule has 3 aliphatic heterocycles. The van der Waals surface area contributed by atoms with E-state index in [-0.39, 0.29) is 12.0 Å². The Labute approximate surface area is 81.6 Å². The fourth-order valence-electron chi connectivity index (χ4n) is 3.32. The van der Waals surface area contributed by atoms with E-state index < -0.39 is 23.0 Å². The first-order valence-electron chi connectivity index (χ1n) is 4.92. The summed E-state index contributed by atoms with van der Waals surface area (Å²) in [5.74, 6) is -1.19. The molecule has 3 fully saturated rings. The molecule has 0 aromatic heterocycles. The summed E-state index contributed by atoms with van der Waals surface area (Å²) >= 11 is 0. The minimum atomic E-state index is -0.718. The summed E-state index contributed by atoms with van der Waals surface area (Å²) < 4.78 is 10.5. The van der Waals surface area contributed by atoms with Crippen molar-refractivity contribution in [2.24, 2.45) is 11.3 Å². The van der Waals surface area contributed by atoms with Crippen LogP contribution in [0.5, 0.6) is 0 Å². The van der Waals surface area contributed by atoms with Crippen LogP contribution in [0.4, 0.5) is 0 Å². The third-order valence-corrected chi connectivity index (χ3v) is 4.06. The summed E-state index contributed by atoms with van der Waals surface area (Å²) in [6.45, 7) is 3.70. The van der Waals surface area contributed by atoms with Crippen LogP contribution in [-0.4, -0.2) is 23.6 Å². The summed E-state index contributed by atoms with van der Waals surface area (Å²) in [4.78, 5) is 23.1. The molecule has 76 valence electrons. The van der Waals surface area contributed by atoms with Gasteiger partial charge in [0.25, 0.3) is 0 Å². The molecule has 4 nitrogen and oxygen atoms in total. The smallest absolute Gasteiger partial charge is 0.323 e. The highest BCUT2D eigenvalue weighted by atomic mass is 16.6. The number of hydrogen-bond acceptors (Lipinski definition) is 4.